The summed E-state index contributed by atoms with van der Waals surface area (Å²) in [6, 6.07) is 13.9. The Morgan fingerprint density at radius 1 is 1.11 bits per heavy atom. The third-order valence-corrected chi connectivity index (χ3v) is 7.54. The van der Waals surface area contributed by atoms with E-state index in [1.807, 2.05) is 19.9 Å². The first-order valence-corrected chi connectivity index (χ1v) is 14.6. The van der Waals surface area contributed by atoms with Gasteiger partial charge in [-0.2, -0.15) is 5.10 Å². The molecule has 1 amide bonds. The molecule has 0 aromatic heterocycles. The minimum absolute atomic E-state index is 0.186. The molecule has 12 heteroatoms. The third-order valence-electron chi connectivity index (χ3n) is 5.22. The number of nitrogens with one attached hydrogen (secondary N) is 1. The number of hydrogen-bond acceptors (Lipinski definition) is 6. The molecule has 0 heterocycles. The number of benzene rings is 3. The van der Waals surface area contributed by atoms with Crippen LogP contribution in [0.1, 0.15) is 22.3 Å². The minimum Gasteiger partial charge on any atom is -0.493 e. The number of sulfonamides is 1. The van der Waals surface area contributed by atoms with Crippen molar-refractivity contribution in [2.45, 2.75) is 20.5 Å². The number of nitrogens with zero attached hydrogens (tertiary/aromatic N) is 2. The van der Waals surface area contributed by atoms with Crippen molar-refractivity contribution < 1.29 is 22.7 Å². The second-order valence-electron chi connectivity index (χ2n) is 8.47. The lowest BCUT2D eigenvalue weighted by atomic mass is 10.1. The molecule has 3 rings (SSSR count). The Bertz CT molecular complexity index is 1460. The van der Waals surface area contributed by atoms with Crippen LogP contribution in [0, 0.1) is 13.8 Å². The lowest BCUT2D eigenvalue weighted by molar-refractivity contribution is -0.119. The fourth-order valence-electron chi connectivity index (χ4n) is 3.58. The zero-order chi connectivity index (χ0) is 28.0. The van der Waals surface area contributed by atoms with E-state index in [1.165, 1.54) is 13.3 Å². The summed E-state index contributed by atoms with van der Waals surface area (Å²) in [5.74, 6) is 0.281. The van der Waals surface area contributed by atoms with Gasteiger partial charge in [-0.15, -0.1) is 0 Å². The number of hydrogen-bond donors (Lipinski definition) is 1. The molecular weight excluding hydrogens is 617 g/mol. The molecule has 0 radical (unpaired) electrons. The van der Waals surface area contributed by atoms with E-state index in [9.17, 15) is 13.2 Å². The Labute approximate surface area is 240 Å². The smallest absolute Gasteiger partial charge is 0.260 e. The van der Waals surface area contributed by atoms with Crippen LogP contribution < -0.4 is 19.2 Å². The van der Waals surface area contributed by atoms with Gasteiger partial charge in [-0.1, -0.05) is 35.3 Å². The molecule has 0 aliphatic carbocycles. The van der Waals surface area contributed by atoms with Crippen LogP contribution in [-0.2, 0) is 21.4 Å². The van der Waals surface area contributed by atoms with E-state index in [-0.39, 0.29) is 6.61 Å². The van der Waals surface area contributed by atoms with Crippen molar-refractivity contribution in [2.75, 3.05) is 24.2 Å². The fraction of sp³-hybridized carbons (Fsp3) is 0.231. The monoisotopic (exact) mass is 641 g/mol. The first kappa shape index (κ1) is 29.8. The minimum atomic E-state index is -3.70. The van der Waals surface area contributed by atoms with E-state index in [0.29, 0.717) is 37.3 Å². The van der Waals surface area contributed by atoms with Gasteiger partial charge in [0, 0.05) is 15.6 Å². The first-order valence-electron chi connectivity index (χ1n) is 11.2. The normalized spacial score (nSPS) is 11.4. The van der Waals surface area contributed by atoms with Crippen LogP contribution in [0.25, 0.3) is 0 Å². The van der Waals surface area contributed by atoms with Gasteiger partial charge in [0.15, 0.2) is 11.5 Å². The second kappa shape index (κ2) is 12.8. The summed E-state index contributed by atoms with van der Waals surface area (Å²) in [6.07, 6.45) is 2.46. The molecule has 3 aromatic carbocycles. The van der Waals surface area contributed by atoms with Crippen molar-refractivity contribution in [2.24, 2.45) is 5.10 Å². The number of methoxy groups -OCH3 is 1. The summed E-state index contributed by atoms with van der Waals surface area (Å²) in [5.41, 5.74) is 5.90. The number of carbonyl (C=O) groups excluding carboxylic acids is 1. The zero-order valence-corrected chi connectivity index (χ0v) is 25.0. The second-order valence-corrected chi connectivity index (χ2v) is 12.1. The molecule has 0 bridgehead atoms. The average molecular weight is 643 g/mol. The third kappa shape index (κ3) is 8.10. The molecule has 1 N–H and O–H groups in total. The molecule has 0 unspecified atom stereocenters. The van der Waals surface area contributed by atoms with E-state index in [1.54, 1.807) is 42.5 Å². The van der Waals surface area contributed by atoms with E-state index in [0.717, 1.165) is 27.3 Å². The molecule has 202 valence electrons. The molecule has 0 aliphatic rings. The highest BCUT2D eigenvalue weighted by atomic mass is 79.9. The number of anilines is 1. The summed E-state index contributed by atoms with van der Waals surface area (Å²) in [7, 11) is -2.21. The molecule has 0 spiro atoms. The summed E-state index contributed by atoms with van der Waals surface area (Å²) < 4.78 is 37.7. The Morgan fingerprint density at radius 2 is 1.79 bits per heavy atom. The van der Waals surface area contributed by atoms with Crippen LogP contribution in [-0.4, -0.2) is 40.4 Å². The van der Waals surface area contributed by atoms with E-state index in [4.69, 9.17) is 32.7 Å². The van der Waals surface area contributed by atoms with E-state index < -0.39 is 22.5 Å². The van der Waals surface area contributed by atoms with E-state index >= 15 is 0 Å². The summed E-state index contributed by atoms with van der Waals surface area (Å²) in [4.78, 5) is 12.5. The Hall–Kier alpha value is -2.79. The predicted molar refractivity (Wildman–Crippen MR) is 155 cm³/mol. The molecule has 8 nitrogen and oxygen atoms in total. The Kier molecular flexibility index (Phi) is 10.1. The van der Waals surface area contributed by atoms with Crippen LogP contribution >= 0.6 is 39.1 Å². The number of ether oxygens (including phenoxy) is 2. The average Bonchev–Trinajstić information content (AvgIpc) is 2.81. The molecule has 0 fully saturated rings. The summed E-state index contributed by atoms with van der Waals surface area (Å²) >= 11 is 15.6. The van der Waals surface area contributed by atoms with Gasteiger partial charge in [0.05, 0.1) is 29.7 Å². The Morgan fingerprint density at radius 3 is 2.39 bits per heavy atom. The van der Waals surface area contributed by atoms with Crippen LogP contribution in [0.4, 0.5) is 5.69 Å². The standard InChI is InChI=1S/C26H26BrCl2N3O5S/c1-16-7-17(2)9-21(8-16)32(38(4,34)35)14-25(33)31-30-13-18-10-22(27)26(24(11-18)36-3)37-15-19-5-6-20(28)12-23(19)29/h5-13H,14-15H2,1-4H3,(H,31,33)/b30-13-. The van der Waals surface area contributed by atoms with Gasteiger partial charge in [-0.05, 0) is 82.9 Å². The van der Waals surface area contributed by atoms with Crippen molar-refractivity contribution in [3.63, 3.8) is 0 Å². The highest BCUT2D eigenvalue weighted by Crippen LogP contribution is 2.37. The molecule has 0 aliphatic heterocycles. The van der Waals surface area contributed by atoms with Crippen molar-refractivity contribution in [3.8, 4) is 11.5 Å². The summed E-state index contributed by atoms with van der Waals surface area (Å²) in [6.45, 7) is 3.48. The molecule has 0 saturated heterocycles. The number of hydrazone groups is 1. The van der Waals surface area contributed by atoms with Gasteiger partial charge < -0.3 is 9.47 Å². The quantitative estimate of drug-likeness (QED) is 0.220. The van der Waals surface area contributed by atoms with Crippen LogP contribution in [0.2, 0.25) is 10.0 Å². The maximum absolute atomic E-state index is 12.5. The topological polar surface area (TPSA) is 97.3 Å². The van der Waals surface area contributed by atoms with E-state index in [2.05, 4.69) is 26.5 Å². The first-order chi connectivity index (χ1) is 17.9. The lowest BCUT2D eigenvalue weighted by Crippen LogP contribution is -2.39. The summed E-state index contributed by atoms with van der Waals surface area (Å²) in [5, 5.41) is 4.99. The zero-order valence-electron chi connectivity index (χ0n) is 21.1. The van der Waals surface area contributed by atoms with Crippen LogP contribution in [0.3, 0.4) is 0 Å². The van der Waals surface area contributed by atoms with Gasteiger partial charge in [-0.25, -0.2) is 13.8 Å². The largest absolute Gasteiger partial charge is 0.493 e. The number of amides is 1. The van der Waals surface area contributed by atoms with Gasteiger partial charge in [-0.3, -0.25) is 9.10 Å². The van der Waals surface area contributed by atoms with Crippen molar-refractivity contribution in [3.05, 3.63) is 85.3 Å². The van der Waals surface area contributed by atoms with Crippen molar-refractivity contribution >= 4 is 67.0 Å². The van der Waals surface area contributed by atoms with Gasteiger partial charge >= 0.3 is 0 Å². The molecule has 38 heavy (non-hydrogen) atoms. The molecule has 0 atom stereocenters. The van der Waals surface area contributed by atoms with Crippen molar-refractivity contribution in [1.29, 1.82) is 0 Å². The SMILES string of the molecule is COc1cc(/C=N\NC(=O)CN(c2cc(C)cc(C)c2)S(C)(=O)=O)cc(Br)c1OCc1ccc(Cl)cc1Cl. The van der Waals surface area contributed by atoms with Gasteiger partial charge in [0.2, 0.25) is 10.0 Å². The highest BCUT2D eigenvalue weighted by Gasteiger charge is 2.21. The number of rotatable bonds is 10. The number of carbonyl (C=O) groups is 1. The molecule has 3 aromatic rings. The number of aryl methyl sites for hydroxylation is 2. The van der Waals surface area contributed by atoms with Gasteiger partial charge in [0.25, 0.3) is 5.91 Å². The van der Waals surface area contributed by atoms with Crippen LogP contribution in [0.5, 0.6) is 11.5 Å². The lowest BCUT2D eigenvalue weighted by Gasteiger charge is -2.22. The van der Waals surface area contributed by atoms with Crippen LogP contribution in [0.15, 0.2) is 58.1 Å². The predicted octanol–water partition coefficient (Wildman–Crippen LogP) is 5.88. The maximum Gasteiger partial charge on any atom is 0.260 e. The molecular formula is C26H26BrCl2N3O5S. The number of halogens is 3. The molecule has 0 saturated carbocycles. The Balaban J connectivity index is 1.70. The fourth-order valence-corrected chi connectivity index (χ4v) is 5.46. The van der Waals surface area contributed by atoms with Crippen molar-refractivity contribution in [1.82, 2.24) is 5.43 Å². The van der Waals surface area contributed by atoms with Gasteiger partial charge in [0.1, 0.15) is 13.2 Å². The highest BCUT2D eigenvalue weighted by molar-refractivity contribution is 9.10. The maximum atomic E-state index is 12.5.